The molecule has 0 bridgehead atoms. The van der Waals surface area contributed by atoms with Gasteiger partial charge in [-0.15, -0.1) is 0 Å². The number of ether oxygens (including phenoxy) is 1. The summed E-state index contributed by atoms with van der Waals surface area (Å²) in [5.41, 5.74) is 1.08. The lowest BCUT2D eigenvalue weighted by Crippen LogP contribution is -2.01. The first-order valence-corrected chi connectivity index (χ1v) is 4.65. The fourth-order valence-electron chi connectivity index (χ4n) is 1.11. The van der Waals surface area contributed by atoms with E-state index in [1.807, 2.05) is 0 Å². The van der Waals surface area contributed by atoms with Gasteiger partial charge in [0.2, 0.25) is 5.88 Å². The van der Waals surface area contributed by atoms with Crippen LogP contribution in [0.4, 0.5) is 4.39 Å². The van der Waals surface area contributed by atoms with Crippen molar-refractivity contribution in [2.24, 2.45) is 0 Å². The first-order valence-electron chi connectivity index (χ1n) is 4.27. The molecule has 0 aromatic carbocycles. The molecule has 4 nitrogen and oxygen atoms in total. The second-order valence-electron chi connectivity index (χ2n) is 2.72. The Morgan fingerprint density at radius 3 is 3.07 bits per heavy atom. The van der Waals surface area contributed by atoms with Crippen LogP contribution in [0.3, 0.4) is 0 Å². The van der Waals surface area contributed by atoms with Crippen LogP contribution in [0.2, 0.25) is 5.15 Å². The molecule has 0 aliphatic carbocycles. The number of aromatic nitrogens is 3. The molecule has 0 atom stereocenters. The second kappa shape index (κ2) is 4.35. The minimum absolute atomic E-state index is 0.0288. The number of hydrogen-bond acceptors (Lipinski definition) is 4. The van der Waals surface area contributed by atoms with Crippen molar-refractivity contribution in [2.75, 3.05) is 13.3 Å². The molecular formula is C9H7ClFN3O. The van der Waals surface area contributed by atoms with Crippen molar-refractivity contribution in [2.45, 2.75) is 0 Å². The highest BCUT2D eigenvalue weighted by Crippen LogP contribution is 2.18. The smallest absolute Gasteiger partial charge is 0.232 e. The van der Waals surface area contributed by atoms with Gasteiger partial charge in [-0.05, 0) is 6.07 Å². The van der Waals surface area contributed by atoms with Crippen LogP contribution in [0.15, 0.2) is 18.5 Å². The molecule has 0 unspecified atom stereocenters. The second-order valence-corrected chi connectivity index (χ2v) is 3.07. The summed E-state index contributed by atoms with van der Waals surface area (Å²) in [4.78, 5) is 12.0. The zero-order valence-corrected chi connectivity index (χ0v) is 8.41. The average Bonchev–Trinajstić information content (AvgIpc) is 2.26. The minimum atomic E-state index is -0.559. The van der Waals surface area contributed by atoms with Gasteiger partial charge in [-0.1, -0.05) is 11.6 Å². The molecule has 2 aromatic heterocycles. The maximum Gasteiger partial charge on any atom is 0.232 e. The largest absolute Gasteiger partial charge is 0.474 e. The van der Waals surface area contributed by atoms with Crippen LogP contribution in [0.25, 0.3) is 11.0 Å². The van der Waals surface area contributed by atoms with Gasteiger partial charge in [0.05, 0.1) is 11.7 Å². The fourth-order valence-corrected chi connectivity index (χ4v) is 1.31. The van der Waals surface area contributed by atoms with Gasteiger partial charge in [-0.2, -0.15) is 0 Å². The van der Waals surface area contributed by atoms with Crippen molar-refractivity contribution in [1.82, 2.24) is 15.0 Å². The maximum absolute atomic E-state index is 11.9. The highest BCUT2D eigenvalue weighted by Gasteiger charge is 2.04. The van der Waals surface area contributed by atoms with Gasteiger partial charge in [-0.25, -0.2) is 19.3 Å². The minimum Gasteiger partial charge on any atom is -0.474 e. The van der Waals surface area contributed by atoms with E-state index in [-0.39, 0.29) is 17.6 Å². The van der Waals surface area contributed by atoms with Crippen molar-refractivity contribution in [3.05, 3.63) is 23.6 Å². The van der Waals surface area contributed by atoms with Crippen LogP contribution in [0.5, 0.6) is 5.88 Å². The lowest BCUT2D eigenvalue weighted by Gasteiger charge is -2.03. The van der Waals surface area contributed by atoms with Gasteiger partial charge in [-0.3, -0.25) is 0 Å². The number of rotatable bonds is 3. The van der Waals surface area contributed by atoms with E-state index in [1.54, 1.807) is 6.07 Å². The Morgan fingerprint density at radius 2 is 2.27 bits per heavy atom. The van der Waals surface area contributed by atoms with Gasteiger partial charge < -0.3 is 4.74 Å². The van der Waals surface area contributed by atoms with E-state index in [2.05, 4.69) is 15.0 Å². The molecule has 0 saturated carbocycles. The molecule has 0 aliphatic heterocycles. The molecule has 15 heavy (non-hydrogen) atoms. The van der Waals surface area contributed by atoms with Gasteiger partial charge in [0, 0.05) is 6.20 Å². The molecule has 0 N–H and O–H groups in total. The average molecular weight is 228 g/mol. The molecule has 2 aromatic rings. The molecule has 0 spiro atoms. The fraction of sp³-hybridized carbons (Fsp3) is 0.222. The standard InChI is InChI=1S/C9H7ClFN3O/c10-9-8-6(1-3-12-9)14-7(5-13-8)15-4-2-11/h1,3,5H,2,4H2. The van der Waals surface area contributed by atoms with Crippen molar-refractivity contribution < 1.29 is 9.13 Å². The zero-order valence-electron chi connectivity index (χ0n) is 7.65. The predicted molar refractivity (Wildman–Crippen MR) is 53.8 cm³/mol. The molecule has 0 radical (unpaired) electrons. The van der Waals surface area contributed by atoms with Gasteiger partial charge >= 0.3 is 0 Å². The lowest BCUT2D eigenvalue weighted by molar-refractivity contribution is 0.264. The van der Waals surface area contributed by atoms with Crippen LogP contribution >= 0.6 is 11.6 Å². The normalized spacial score (nSPS) is 10.5. The first-order chi connectivity index (χ1) is 7.31. The number of hydrogen-bond donors (Lipinski definition) is 0. The van der Waals surface area contributed by atoms with Crippen molar-refractivity contribution in [3.63, 3.8) is 0 Å². The number of nitrogens with zero attached hydrogens (tertiary/aromatic N) is 3. The SMILES string of the molecule is FCCOc1cnc2c(Cl)nccc2n1. The monoisotopic (exact) mass is 227 g/mol. The predicted octanol–water partition coefficient (Wildman–Crippen LogP) is 2.03. The van der Waals surface area contributed by atoms with Crippen LogP contribution in [0, 0.1) is 0 Å². The van der Waals surface area contributed by atoms with E-state index < -0.39 is 6.67 Å². The number of alkyl halides is 1. The van der Waals surface area contributed by atoms with E-state index in [0.717, 1.165) is 0 Å². The summed E-state index contributed by atoms with van der Waals surface area (Å²) < 4.78 is 16.8. The summed E-state index contributed by atoms with van der Waals surface area (Å²) in [5, 5.41) is 0.289. The molecule has 0 aliphatic rings. The van der Waals surface area contributed by atoms with E-state index >= 15 is 0 Å². The van der Waals surface area contributed by atoms with Crippen molar-refractivity contribution in [3.8, 4) is 5.88 Å². The topological polar surface area (TPSA) is 47.9 Å². The Kier molecular flexibility index (Phi) is 2.91. The molecule has 2 rings (SSSR count). The molecule has 78 valence electrons. The lowest BCUT2D eigenvalue weighted by atomic mass is 10.4. The Labute approximate surface area is 90.1 Å². The van der Waals surface area contributed by atoms with Crippen LogP contribution in [0.1, 0.15) is 0 Å². The summed E-state index contributed by atoms with van der Waals surface area (Å²) in [6.07, 6.45) is 2.92. The number of pyridine rings is 1. The Balaban J connectivity index is 2.39. The highest BCUT2D eigenvalue weighted by atomic mass is 35.5. The molecule has 0 saturated heterocycles. The summed E-state index contributed by atoms with van der Waals surface area (Å²) in [7, 11) is 0. The highest BCUT2D eigenvalue weighted by molar-refractivity contribution is 6.33. The third kappa shape index (κ3) is 2.12. The van der Waals surface area contributed by atoms with Gasteiger partial charge in [0.1, 0.15) is 18.8 Å². The van der Waals surface area contributed by atoms with E-state index in [9.17, 15) is 4.39 Å². The van der Waals surface area contributed by atoms with Gasteiger partial charge in [0.15, 0.2) is 5.15 Å². The Hall–Kier alpha value is -1.49. The summed E-state index contributed by atoms with van der Waals surface area (Å²) in [6, 6.07) is 1.66. The van der Waals surface area contributed by atoms with Crippen molar-refractivity contribution in [1.29, 1.82) is 0 Å². The number of fused-ring (bicyclic) bond motifs is 1. The molecule has 6 heteroatoms. The van der Waals surface area contributed by atoms with E-state index in [1.165, 1.54) is 12.4 Å². The molecule has 2 heterocycles. The third-order valence-corrected chi connectivity index (χ3v) is 2.00. The third-order valence-electron chi connectivity index (χ3n) is 1.72. The van der Waals surface area contributed by atoms with Crippen LogP contribution < -0.4 is 4.74 Å². The molecule has 0 fully saturated rings. The van der Waals surface area contributed by atoms with Crippen molar-refractivity contribution >= 4 is 22.6 Å². The first kappa shape index (κ1) is 10.0. The quantitative estimate of drug-likeness (QED) is 0.753. The molecular weight excluding hydrogens is 221 g/mol. The summed E-state index contributed by atoms with van der Waals surface area (Å²) >= 11 is 5.80. The summed E-state index contributed by atoms with van der Waals surface area (Å²) in [6.45, 7) is -0.587. The van der Waals surface area contributed by atoms with Crippen LogP contribution in [-0.4, -0.2) is 28.2 Å². The Morgan fingerprint density at radius 1 is 1.40 bits per heavy atom. The zero-order chi connectivity index (χ0) is 10.7. The van der Waals surface area contributed by atoms with Gasteiger partial charge in [0.25, 0.3) is 0 Å². The maximum atomic E-state index is 11.9. The Bertz CT molecular complexity index is 480. The van der Waals surface area contributed by atoms with E-state index in [0.29, 0.717) is 11.0 Å². The number of halogens is 2. The van der Waals surface area contributed by atoms with E-state index in [4.69, 9.17) is 16.3 Å². The molecule has 0 amide bonds. The summed E-state index contributed by atoms with van der Waals surface area (Å²) in [5.74, 6) is 0.280. The van der Waals surface area contributed by atoms with Crippen LogP contribution in [-0.2, 0) is 0 Å².